The van der Waals surface area contributed by atoms with Gasteiger partial charge in [0.05, 0.1) is 17.0 Å². The molecule has 0 fully saturated rings. The lowest BCUT2D eigenvalue weighted by molar-refractivity contribution is 0.0987. The normalized spacial score (nSPS) is 9.95. The topological polar surface area (TPSA) is 44.1 Å². The second-order valence-corrected chi connectivity index (χ2v) is 5.18. The zero-order chi connectivity index (χ0) is 15.2. The smallest absolute Gasteiger partial charge is 0.258 e. The Morgan fingerprint density at radius 1 is 1.24 bits per heavy atom. The Labute approximate surface area is 130 Å². The molecule has 0 spiro atoms. The average Bonchev–Trinajstić information content (AvgIpc) is 2.51. The molecule has 0 radical (unpaired) electrons. The van der Waals surface area contributed by atoms with Crippen molar-refractivity contribution in [2.24, 2.45) is 0 Å². The number of benzene rings is 2. The van der Waals surface area contributed by atoms with Gasteiger partial charge >= 0.3 is 0 Å². The first-order valence-corrected chi connectivity index (χ1v) is 7.11. The molecule has 2 aromatic rings. The van der Waals surface area contributed by atoms with Crippen molar-refractivity contribution >= 4 is 27.5 Å². The van der Waals surface area contributed by atoms with Gasteiger partial charge in [-0.2, -0.15) is 5.26 Å². The van der Waals surface area contributed by atoms with Crippen molar-refractivity contribution in [1.29, 1.82) is 5.26 Å². The minimum Gasteiger partial charge on any atom is -0.307 e. The predicted molar refractivity (Wildman–Crippen MR) is 82.4 cm³/mol. The van der Waals surface area contributed by atoms with E-state index in [1.165, 1.54) is 23.1 Å². The maximum atomic E-state index is 13.3. The Morgan fingerprint density at radius 3 is 2.57 bits per heavy atom. The summed E-state index contributed by atoms with van der Waals surface area (Å²) < 4.78 is 13.5. The molecule has 106 valence electrons. The first-order chi connectivity index (χ1) is 10.1. The number of nitriles is 1. The number of carbonyl (C=O) groups excluding carboxylic acids is 1. The van der Waals surface area contributed by atoms with Crippen LogP contribution in [-0.4, -0.2) is 12.5 Å². The lowest BCUT2D eigenvalue weighted by atomic mass is 10.1. The maximum absolute atomic E-state index is 13.3. The molecule has 0 N–H and O–H groups in total. The van der Waals surface area contributed by atoms with E-state index in [1.54, 1.807) is 12.1 Å². The van der Waals surface area contributed by atoms with E-state index in [1.807, 2.05) is 24.3 Å². The molecule has 21 heavy (non-hydrogen) atoms. The third-order valence-electron chi connectivity index (χ3n) is 2.93. The second-order valence-electron chi connectivity index (χ2n) is 4.33. The number of anilines is 1. The molecule has 0 aromatic heterocycles. The van der Waals surface area contributed by atoms with E-state index in [0.717, 1.165) is 0 Å². The summed E-state index contributed by atoms with van der Waals surface area (Å²) >= 11 is 3.07. The zero-order valence-corrected chi connectivity index (χ0v) is 12.7. The van der Waals surface area contributed by atoms with E-state index >= 15 is 0 Å². The van der Waals surface area contributed by atoms with Gasteiger partial charge in [0, 0.05) is 17.8 Å². The predicted octanol–water partition coefficient (Wildman–Crippen LogP) is 4.15. The minimum absolute atomic E-state index is 0.225. The van der Waals surface area contributed by atoms with Crippen molar-refractivity contribution in [2.45, 2.75) is 6.42 Å². The molecule has 0 saturated carbocycles. The van der Waals surface area contributed by atoms with Gasteiger partial charge < -0.3 is 4.90 Å². The van der Waals surface area contributed by atoms with Gasteiger partial charge in [0.25, 0.3) is 5.91 Å². The highest BCUT2D eigenvalue weighted by molar-refractivity contribution is 9.10. The molecule has 0 unspecified atom stereocenters. The van der Waals surface area contributed by atoms with Crippen LogP contribution in [0.2, 0.25) is 0 Å². The molecule has 3 nitrogen and oxygen atoms in total. The van der Waals surface area contributed by atoms with Gasteiger partial charge in [-0.3, -0.25) is 4.79 Å². The number of hydrogen-bond acceptors (Lipinski definition) is 2. The Hall–Kier alpha value is -2.19. The van der Waals surface area contributed by atoms with Crippen molar-refractivity contribution in [3.05, 3.63) is 64.4 Å². The fourth-order valence-electron chi connectivity index (χ4n) is 1.90. The van der Waals surface area contributed by atoms with Crippen molar-refractivity contribution < 1.29 is 9.18 Å². The van der Waals surface area contributed by atoms with Gasteiger partial charge in [0.2, 0.25) is 0 Å². The molecule has 0 atom stereocenters. The molecule has 0 aliphatic rings. The van der Waals surface area contributed by atoms with E-state index < -0.39 is 5.82 Å². The highest BCUT2D eigenvalue weighted by Gasteiger charge is 2.18. The summed E-state index contributed by atoms with van der Waals surface area (Å²) in [5.74, 6) is -0.688. The molecule has 0 aliphatic heterocycles. The number of amides is 1. The van der Waals surface area contributed by atoms with E-state index in [2.05, 4.69) is 15.9 Å². The molecule has 2 rings (SSSR count). The summed E-state index contributed by atoms with van der Waals surface area (Å²) in [5.41, 5.74) is 1.07. The Balaban J connectivity index is 2.34. The summed E-state index contributed by atoms with van der Waals surface area (Å²) in [7, 11) is 0. The van der Waals surface area contributed by atoms with Crippen molar-refractivity contribution in [2.75, 3.05) is 11.4 Å². The maximum Gasteiger partial charge on any atom is 0.258 e. The van der Waals surface area contributed by atoms with Crippen molar-refractivity contribution in [3.8, 4) is 6.07 Å². The third kappa shape index (κ3) is 3.67. The van der Waals surface area contributed by atoms with Gasteiger partial charge in [-0.15, -0.1) is 0 Å². The van der Waals surface area contributed by atoms with Crippen LogP contribution in [0, 0.1) is 17.1 Å². The van der Waals surface area contributed by atoms with Gasteiger partial charge in [-0.1, -0.05) is 18.2 Å². The molecule has 0 bridgehead atoms. The summed E-state index contributed by atoms with van der Waals surface area (Å²) in [6, 6.07) is 15.2. The van der Waals surface area contributed by atoms with Crippen LogP contribution in [0.5, 0.6) is 0 Å². The lowest BCUT2D eigenvalue weighted by Gasteiger charge is -2.22. The minimum atomic E-state index is -0.421. The Bertz CT molecular complexity index is 682. The fraction of sp³-hybridized carbons (Fsp3) is 0.125. The first-order valence-electron chi connectivity index (χ1n) is 6.32. The molecular weight excluding hydrogens is 335 g/mol. The van der Waals surface area contributed by atoms with Crippen LogP contribution < -0.4 is 4.90 Å². The number of hydrogen-bond donors (Lipinski definition) is 0. The molecule has 2 aromatic carbocycles. The molecule has 0 heterocycles. The SMILES string of the molecule is N#CCCN(C(=O)c1ccc(F)c(Br)c1)c1ccccc1. The monoisotopic (exact) mass is 346 g/mol. The van der Waals surface area contributed by atoms with E-state index in [4.69, 9.17) is 5.26 Å². The number of nitrogens with zero attached hydrogens (tertiary/aromatic N) is 2. The van der Waals surface area contributed by atoms with E-state index in [-0.39, 0.29) is 23.3 Å². The molecule has 1 amide bonds. The third-order valence-corrected chi connectivity index (χ3v) is 3.53. The largest absolute Gasteiger partial charge is 0.307 e. The van der Waals surface area contributed by atoms with Crippen molar-refractivity contribution in [3.63, 3.8) is 0 Å². The fourth-order valence-corrected chi connectivity index (χ4v) is 2.28. The second kappa shape index (κ2) is 7.00. The average molecular weight is 347 g/mol. The number of halogens is 2. The van der Waals surface area contributed by atoms with Crippen LogP contribution in [0.25, 0.3) is 0 Å². The van der Waals surface area contributed by atoms with Gasteiger partial charge in [0.15, 0.2) is 0 Å². The lowest BCUT2D eigenvalue weighted by Crippen LogP contribution is -2.31. The van der Waals surface area contributed by atoms with Crippen LogP contribution in [0.4, 0.5) is 10.1 Å². The van der Waals surface area contributed by atoms with E-state index in [9.17, 15) is 9.18 Å². The number of para-hydroxylation sites is 1. The highest BCUT2D eigenvalue weighted by Crippen LogP contribution is 2.21. The Kier molecular flexibility index (Phi) is 5.07. The van der Waals surface area contributed by atoms with Crippen LogP contribution in [0.3, 0.4) is 0 Å². The molecule has 5 heteroatoms. The first kappa shape index (κ1) is 15.2. The number of carbonyl (C=O) groups is 1. The highest BCUT2D eigenvalue weighted by atomic mass is 79.9. The number of rotatable bonds is 4. The molecule has 0 aliphatic carbocycles. The van der Waals surface area contributed by atoms with Crippen LogP contribution >= 0.6 is 15.9 Å². The van der Waals surface area contributed by atoms with Gasteiger partial charge in [-0.25, -0.2) is 4.39 Å². The van der Waals surface area contributed by atoms with Gasteiger partial charge in [0.1, 0.15) is 5.82 Å². The molecule has 0 saturated heterocycles. The quantitative estimate of drug-likeness (QED) is 0.834. The standard InChI is InChI=1S/C16H12BrFN2O/c17-14-11-12(7-8-15(14)18)16(21)20(10-4-9-19)13-5-2-1-3-6-13/h1-3,5-8,11H,4,10H2. The van der Waals surface area contributed by atoms with Crippen LogP contribution in [0.15, 0.2) is 53.0 Å². The summed E-state index contributed by atoms with van der Waals surface area (Å²) in [4.78, 5) is 14.1. The summed E-state index contributed by atoms with van der Waals surface area (Å²) in [6.45, 7) is 0.286. The van der Waals surface area contributed by atoms with Crippen molar-refractivity contribution in [1.82, 2.24) is 0 Å². The van der Waals surface area contributed by atoms with Crippen LogP contribution in [-0.2, 0) is 0 Å². The van der Waals surface area contributed by atoms with E-state index in [0.29, 0.717) is 11.3 Å². The summed E-state index contributed by atoms with van der Waals surface area (Å²) in [5, 5.41) is 8.75. The van der Waals surface area contributed by atoms with Gasteiger partial charge in [-0.05, 0) is 46.3 Å². The van der Waals surface area contributed by atoms with Crippen LogP contribution in [0.1, 0.15) is 16.8 Å². The summed E-state index contributed by atoms with van der Waals surface area (Å²) in [6.07, 6.45) is 0.225. The zero-order valence-electron chi connectivity index (χ0n) is 11.1. The Morgan fingerprint density at radius 2 is 1.95 bits per heavy atom. The molecular formula is C16H12BrFN2O.